The van der Waals surface area contributed by atoms with Crippen LogP contribution in [0.5, 0.6) is 5.75 Å². The number of anilines is 1. The summed E-state index contributed by atoms with van der Waals surface area (Å²) in [6, 6.07) is 11.7. The van der Waals surface area contributed by atoms with Crippen molar-refractivity contribution in [1.29, 1.82) is 0 Å². The lowest BCUT2D eigenvalue weighted by Crippen LogP contribution is -2.18. The zero-order valence-corrected chi connectivity index (χ0v) is 15.5. The molecule has 0 fully saturated rings. The molecule has 0 aliphatic rings. The number of carbonyl (C=O) groups excluding carboxylic acids is 2. The van der Waals surface area contributed by atoms with Crippen LogP contribution >= 0.6 is 11.6 Å². The fourth-order valence-corrected chi connectivity index (χ4v) is 2.33. The maximum absolute atomic E-state index is 12.2. The molecule has 0 bridgehead atoms. The fraction of sp³-hybridized carbons (Fsp3) is 0.211. The van der Waals surface area contributed by atoms with Crippen LogP contribution < -0.4 is 15.5 Å². The fourth-order valence-electron chi connectivity index (χ4n) is 2.15. The van der Waals surface area contributed by atoms with E-state index in [-0.39, 0.29) is 12.0 Å². The molecular weight excluding hydrogens is 354 g/mol. The van der Waals surface area contributed by atoms with Gasteiger partial charge in [0, 0.05) is 28.8 Å². The first kappa shape index (κ1) is 19.5. The van der Waals surface area contributed by atoms with Crippen molar-refractivity contribution in [3.8, 4) is 5.75 Å². The van der Waals surface area contributed by atoms with Crippen molar-refractivity contribution in [1.82, 2.24) is 5.43 Å². The summed E-state index contributed by atoms with van der Waals surface area (Å²) in [4.78, 5) is 23.3. The minimum atomic E-state index is -0.401. The Hall–Kier alpha value is -2.86. The van der Waals surface area contributed by atoms with Gasteiger partial charge in [0.1, 0.15) is 5.75 Å². The van der Waals surface area contributed by atoms with E-state index in [0.29, 0.717) is 27.6 Å². The number of hydrogen-bond donors (Lipinski definition) is 2. The molecule has 2 aromatic carbocycles. The highest BCUT2D eigenvalue weighted by molar-refractivity contribution is 6.30. The Labute approximate surface area is 157 Å². The monoisotopic (exact) mass is 373 g/mol. The van der Waals surface area contributed by atoms with Gasteiger partial charge in [0.2, 0.25) is 5.91 Å². The van der Waals surface area contributed by atoms with Gasteiger partial charge in [-0.15, -0.1) is 0 Å². The Balaban J connectivity index is 2.10. The van der Waals surface area contributed by atoms with Crippen LogP contribution in [0.2, 0.25) is 5.02 Å². The lowest BCUT2D eigenvalue weighted by molar-refractivity contribution is -0.114. The summed E-state index contributed by atoms with van der Waals surface area (Å²) in [6.45, 7) is 5.23. The van der Waals surface area contributed by atoms with Crippen LogP contribution in [0, 0.1) is 0 Å². The molecule has 0 atom stereocenters. The number of nitrogens with one attached hydrogen (secondary N) is 2. The molecule has 0 heterocycles. The van der Waals surface area contributed by atoms with Gasteiger partial charge in [0.25, 0.3) is 5.91 Å². The largest absolute Gasteiger partial charge is 0.490 e. The smallest absolute Gasteiger partial charge is 0.271 e. The normalized spacial score (nSPS) is 10.8. The first-order valence-corrected chi connectivity index (χ1v) is 8.40. The summed E-state index contributed by atoms with van der Waals surface area (Å²) in [5.74, 6) is 0.0103. The van der Waals surface area contributed by atoms with E-state index in [1.807, 2.05) is 13.8 Å². The molecular formula is C19H20ClN3O3. The van der Waals surface area contributed by atoms with E-state index in [1.54, 1.807) is 42.5 Å². The van der Waals surface area contributed by atoms with Gasteiger partial charge in [-0.2, -0.15) is 5.10 Å². The predicted molar refractivity (Wildman–Crippen MR) is 103 cm³/mol. The molecule has 0 spiro atoms. The first-order valence-electron chi connectivity index (χ1n) is 8.02. The van der Waals surface area contributed by atoms with Gasteiger partial charge < -0.3 is 10.1 Å². The van der Waals surface area contributed by atoms with E-state index in [1.165, 1.54) is 13.1 Å². The number of halogens is 1. The lowest BCUT2D eigenvalue weighted by atomic mass is 10.2. The number of amides is 2. The number of hydrazone groups is 1. The molecule has 2 rings (SSSR count). The van der Waals surface area contributed by atoms with Crippen LogP contribution in [0.15, 0.2) is 47.6 Å². The van der Waals surface area contributed by atoms with Gasteiger partial charge in [-0.05, 0) is 50.2 Å². The SMILES string of the molecule is CC(=O)Nc1cccc(C(=O)NN=Cc2cc(Cl)ccc2OC(C)C)c1. The summed E-state index contributed by atoms with van der Waals surface area (Å²) in [5, 5.41) is 7.13. The molecule has 2 amide bonds. The standard InChI is InChI=1S/C19H20ClN3O3/c1-12(2)26-18-8-7-16(20)9-15(18)11-21-23-19(25)14-5-4-6-17(10-14)22-13(3)24/h4-12H,1-3H3,(H,22,24)(H,23,25). The Morgan fingerprint density at radius 1 is 1.19 bits per heavy atom. The molecule has 26 heavy (non-hydrogen) atoms. The summed E-state index contributed by atoms with van der Waals surface area (Å²) < 4.78 is 5.69. The number of ether oxygens (including phenoxy) is 1. The minimum Gasteiger partial charge on any atom is -0.490 e. The summed E-state index contributed by atoms with van der Waals surface area (Å²) in [7, 11) is 0. The van der Waals surface area contributed by atoms with E-state index in [4.69, 9.17) is 16.3 Å². The zero-order valence-electron chi connectivity index (χ0n) is 14.7. The summed E-state index contributed by atoms with van der Waals surface area (Å²) in [6.07, 6.45) is 1.47. The third kappa shape index (κ3) is 5.89. The molecule has 0 saturated heterocycles. The van der Waals surface area contributed by atoms with Crippen LogP contribution in [-0.4, -0.2) is 24.1 Å². The van der Waals surface area contributed by atoms with Crippen molar-refractivity contribution < 1.29 is 14.3 Å². The van der Waals surface area contributed by atoms with Crippen LogP contribution in [-0.2, 0) is 4.79 Å². The topological polar surface area (TPSA) is 79.8 Å². The molecule has 0 aromatic heterocycles. The van der Waals surface area contributed by atoms with Crippen molar-refractivity contribution in [2.45, 2.75) is 26.9 Å². The van der Waals surface area contributed by atoms with Gasteiger partial charge in [-0.3, -0.25) is 9.59 Å². The van der Waals surface area contributed by atoms with E-state index in [0.717, 1.165) is 0 Å². The molecule has 2 aromatic rings. The van der Waals surface area contributed by atoms with Crippen molar-refractivity contribution in [2.75, 3.05) is 5.32 Å². The van der Waals surface area contributed by atoms with Crippen molar-refractivity contribution in [3.05, 3.63) is 58.6 Å². The van der Waals surface area contributed by atoms with E-state index < -0.39 is 5.91 Å². The van der Waals surface area contributed by atoms with Crippen molar-refractivity contribution in [3.63, 3.8) is 0 Å². The van der Waals surface area contributed by atoms with Gasteiger partial charge in [-0.25, -0.2) is 5.43 Å². The predicted octanol–water partition coefficient (Wildman–Crippen LogP) is 3.85. The molecule has 0 aliphatic carbocycles. The molecule has 7 heteroatoms. The minimum absolute atomic E-state index is 0.00516. The van der Waals surface area contributed by atoms with Gasteiger partial charge >= 0.3 is 0 Å². The third-order valence-corrected chi connectivity index (χ3v) is 3.38. The Kier molecular flexibility index (Phi) is 6.74. The number of nitrogens with zero attached hydrogens (tertiary/aromatic N) is 1. The second-order valence-electron chi connectivity index (χ2n) is 5.81. The molecule has 0 radical (unpaired) electrons. The summed E-state index contributed by atoms with van der Waals surface area (Å²) >= 11 is 6.01. The highest BCUT2D eigenvalue weighted by atomic mass is 35.5. The highest BCUT2D eigenvalue weighted by Crippen LogP contribution is 2.22. The molecule has 0 unspecified atom stereocenters. The second-order valence-corrected chi connectivity index (χ2v) is 6.25. The average Bonchev–Trinajstić information content (AvgIpc) is 2.56. The van der Waals surface area contributed by atoms with Gasteiger partial charge in [0.15, 0.2) is 0 Å². The first-order chi connectivity index (χ1) is 12.3. The zero-order chi connectivity index (χ0) is 19.1. The Morgan fingerprint density at radius 2 is 1.96 bits per heavy atom. The van der Waals surface area contributed by atoms with Crippen LogP contribution in [0.25, 0.3) is 0 Å². The van der Waals surface area contributed by atoms with Crippen LogP contribution in [0.1, 0.15) is 36.7 Å². The molecule has 0 aliphatic heterocycles. The highest BCUT2D eigenvalue weighted by Gasteiger charge is 2.07. The average molecular weight is 374 g/mol. The second kappa shape index (κ2) is 9.01. The third-order valence-electron chi connectivity index (χ3n) is 3.15. The van der Waals surface area contributed by atoms with Crippen LogP contribution in [0.4, 0.5) is 5.69 Å². The number of carbonyl (C=O) groups is 2. The van der Waals surface area contributed by atoms with Gasteiger partial charge in [-0.1, -0.05) is 17.7 Å². The molecule has 2 N–H and O–H groups in total. The van der Waals surface area contributed by atoms with E-state index in [9.17, 15) is 9.59 Å². The maximum Gasteiger partial charge on any atom is 0.271 e. The van der Waals surface area contributed by atoms with Crippen LogP contribution in [0.3, 0.4) is 0 Å². The molecule has 136 valence electrons. The number of benzene rings is 2. The maximum atomic E-state index is 12.2. The van der Waals surface area contributed by atoms with E-state index >= 15 is 0 Å². The molecule has 6 nitrogen and oxygen atoms in total. The van der Waals surface area contributed by atoms with Gasteiger partial charge in [0.05, 0.1) is 12.3 Å². The number of hydrogen-bond acceptors (Lipinski definition) is 4. The quantitative estimate of drug-likeness (QED) is 0.596. The van der Waals surface area contributed by atoms with Crippen molar-refractivity contribution in [2.24, 2.45) is 5.10 Å². The Morgan fingerprint density at radius 3 is 2.65 bits per heavy atom. The Bertz CT molecular complexity index is 835. The number of rotatable bonds is 6. The lowest BCUT2D eigenvalue weighted by Gasteiger charge is -2.12. The van der Waals surface area contributed by atoms with E-state index in [2.05, 4.69) is 15.8 Å². The van der Waals surface area contributed by atoms with Crippen molar-refractivity contribution >= 4 is 35.3 Å². The molecule has 0 saturated carbocycles. The summed E-state index contributed by atoms with van der Waals surface area (Å²) in [5.41, 5.74) is 4.01.